The van der Waals surface area contributed by atoms with E-state index in [1.807, 2.05) is 6.92 Å². The van der Waals surface area contributed by atoms with Gasteiger partial charge in [-0.15, -0.1) is 0 Å². The number of fused-ring (bicyclic) bond motifs is 3. The predicted molar refractivity (Wildman–Crippen MR) is 91.9 cm³/mol. The van der Waals surface area contributed by atoms with Crippen LogP contribution >= 0.6 is 0 Å². The zero-order chi connectivity index (χ0) is 18.3. The first-order chi connectivity index (χ1) is 11.9. The first kappa shape index (κ1) is 16.8. The number of ketones is 2. The highest BCUT2D eigenvalue weighted by Gasteiger charge is 2.30. The van der Waals surface area contributed by atoms with Crippen LogP contribution in [0.25, 0.3) is 11.0 Å². The highest BCUT2D eigenvalue weighted by atomic mass is 16.2. The van der Waals surface area contributed by atoms with Crippen LogP contribution in [0.4, 0.5) is 0 Å². The van der Waals surface area contributed by atoms with Crippen LogP contribution < -0.4 is 16.6 Å². The molecule has 0 amide bonds. The maximum absolute atomic E-state index is 12.6. The maximum atomic E-state index is 12.6. The summed E-state index contributed by atoms with van der Waals surface area (Å²) in [6.07, 6.45) is 4.29. The van der Waals surface area contributed by atoms with Crippen LogP contribution in [-0.2, 0) is 14.1 Å². The van der Waals surface area contributed by atoms with Crippen molar-refractivity contribution in [2.45, 2.75) is 19.8 Å². The summed E-state index contributed by atoms with van der Waals surface area (Å²) < 4.78 is 2.09. The van der Waals surface area contributed by atoms with Gasteiger partial charge >= 0.3 is 5.69 Å². The van der Waals surface area contributed by atoms with Crippen LogP contribution in [0.3, 0.4) is 0 Å². The molecule has 0 radical (unpaired) electrons. The summed E-state index contributed by atoms with van der Waals surface area (Å²) in [5, 5.41) is 2.95. The summed E-state index contributed by atoms with van der Waals surface area (Å²) in [5.74, 6) is -0.826. The lowest BCUT2D eigenvalue weighted by atomic mass is 9.92. The van der Waals surface area contributed by atoms with Crippen molar-refractivity contribution in [1.29, 1.82) is 0 Å². The molecule has 130 valence electrons. The number of aromatic nitrogens is 3. The SMILES string of the molecule is CCCCNC1=CC(=O)c2c(cnc3c2c(=O)n(C)c(=O)n3C)C1=O. The normalized spacial score (nSPS) is 13.8. The Morgan fingerprint density at radius 2 is 1.84 bits per heavy atom. The molecular weight excluding hydrogens is 324 g/mol. The lowest BCUT2D eigenvalue weighted by Crippen LogP contribution is -2.39. The number of rotatable bonds is 4. The number of nitrogens with one attached hydrogen (secondary N) is 1. The van der Waals surface area contributed by atoms with Gasteiger partial charge in [-0.3, -0.25) is 23.5 Å². The Labute approximate surface area is 142 Å². The summed E-state index contributed by atoms with van der Waals surface area (Å²) in [7, 11) is 2.79. The van der Waals surface area contributed by atoms with Gasteiger partial charge in [-0.05, 0) is 6.42 Å². The number of aryl methyl sites for hydroxylation is 1. The van der Waals surface area contributed by atoms with Crippen molar-refractivity contribution < 1.29 is 9.59 Å². The number of hydrogen-bond donors (Lipinski definition) is 1. The van der Waals surface area contributed by atoms with Gasteiger partial charge in [-0.25, -0.2) is 9.78 Å². The Bertz CT molecular complexity index is 1060. The molecule has 2 heterocycles. The molecule has 1 aliphatic carbocycles. The van der Waals surface area contributed by atoms with Crippen molar-refractivity contribution in [2.24, 2.45) is 14.1 Å². The second-order valence-corrected chi connectivity index (χ2v) is 5.98. The summed E-state index contributed by atoms with van der Waals surface area (Å²) in [5.41, 5.74) is -0.809. The average Bonchev–Trinajstić information content (AvgIpc) is 2.61. The smallest absolute Gasteiger partial charge is 0.332 e. The highest BCUT2D eigenvalue weighted by Crippen LogP contribution is 2.24. The highest BCUT2D eigenvalue weighted by molar-refractivity contribution is 6.27. The molecule has 0 saturated carbocycles. The number of carbonyl (C=O) groups is 2. The van der Waals surface area contributed by atoms with Gasteiger partial charge in [0.1, 0.15) is 5.65 Å². The second-order valence-electron chi connectivity index (χ2n) is 5.98. The fourth-order valence-corrected chi connectivity index (χ4v) is 2.90. The number of nitrogens with zero attached hydrogens (tertiary/aromatic N) is 3. The molecule has 8 heteroatoms. The van der Waals surface area contributed by atoms with Crippen LogP contribution in [0.15, 0.2) is 27.6 Å². The molecule has 2 aromatic rings. The summed E-state index contributed by atoms with van der Waals surface area (Å²) >= 11 is 0. The van der Waals surface area contributed by atoms with Crippen LogP contribution in [0.2, 0.25) is 0 Å². The van der Waals surface area contributed by atoms with E-state index in [0.29, 0.717) is 6.54 Å². The van der Waals surface area contributed by atoms with E-state index >= 15 is 0 Å². The first-order valence-electron chi connectivity index (χ1n) is 8.01. The molecular formula is C17H18N4O4. The Morgan fingerprint density at radius 3 is 2.52 bits per heavy atom. The zero-order valence-electron chi connectivity index (χ0n) is 14.3. The fraction of sp³-hybridized carbons (Fsp3) is 0.353. The van der Waals surface area contributed by atoms with Gasteiger partial charge in [0.25, 0.3) is 5.56 Å². The van der Waals surface area contributed by atoms with Crippen LogP contribution in [0.5, 0.6) is 0 Å². The summed E-state index contributed by atoms with van der Waals surface area (Å²) in [4.78, 5) is 53.9. The van der Waals surface area contributed by atoms with E-state index in [0.717, 1.165) is 17.4 Å². The molecule has 0 fully saturated rings. The van der Waals surface area contributed by atoms with E-state index in [1.165, 1.54) is 30.9 Å². The fourth-order valence-electron chi connectivity index (χ4n) is 2.90. The molecule has 0 aliphatic heterocycles. The Balaban J connectivity index is 2.25. The lowest BCUT2D eigenvalue weighted by Gasteiger charge is -2.18. The van der Waals surface area contributed by atoms with Crippen LogP contribution in [0.1, 0.15) is 40.5 Å². The molecule has 3 rings (SSSR count). The van der Waals surface area contributed by atoms with Crippen molar-refractivity contribution >= 4 is 22.6 Å². The number of unbranched alkanes of at least 4 members (excludes halogenated alkanes) is 1. The number of pyridine rings is 1. The van der Waals surface area contributed by atoms with E-state index < -0.39 is 17.0 Å². The van der Waals surface area contributed by atoms with Crippen LogP contribution in [0, 0.1) is 0 Å². The summed E-state index contributed by atoms with van der Waals surface area (Å²) in [6, 6.07) is 0. The molecule has 0 atom stereocenters. The summed E-state index contributed by atoms with van der Waals surface area (Å²) in [6.45, 7) is 2.60. The van der Waals surface area contributed by atoms with Crippen molar-refractivity contribution in [2.75, 3.05) is 6.54 Å². The Kier molecular flexibility index (Phi) is 4.12. The number of carbonyl (C=O) groups excluding carboxylic acids is 2. The minimum absolute atomic E-state index is 0.00671. The van der Waals surface area contributed by atoms with E-state index in [4.69, 9.17) is 0 Å². The number of allylic oxidation sites excluding steroid dienone is 2. The Hall–Kier alpha value is -3.03. The van der Waals surface area contributed by atoms with E-state index in [9.17, 15) is 19.2 Å². The standard InChI is InChI=1S/C17H18N4O4/c1-4-5-6-18-10-7-11(22)12-9(14(10)23)8-19-15-13(12)16(24)21(3)17(25)20(15)2/h7-8,18H,4-6H2,1-3H3. The van der Waals surface area contributed by atoms with Gasteiger partial charge in [0, 0.05) is 32.9 Å². The Morgan fingerprint density at radius 1 is 1.12 bits per heavy atom. The minimum atomic E-state index is -0.639. The average molecular weight is 342 g/mol. The molecule has 1 N–H and O–H groups in total. The third-order valence-corrected chi connectivity index (χ3v) is 4.33. The number of Topliss-reactive ketones (excluding diaryl/α,β-unsaturated/α-hetero) is 1. The largest absolute Gasteiger partial charge is 0.382 e. The van der Waals surface area contributed by atoms with E-state index in [2.05, 4.69) is 10.3 Å². The third-order valence-electron chi connectivity index (χ3n) is 4.33. The van der Waals surface area contributed by atoms with Gasteiger partial charge in [0.05, 0.1) is 22.2 Å². The van der Waals surface area contributed by atoms with Crippen molar-refractivity contribution in [3.8, 4) is 0 Å². The molecule has 0 unspecified atom stereocenters. The molecule has 1 aliphatic rings. The van der Waals surface area contributed by atoms with Gasteiger partial charge < -0.3 is 5.32 Å². The number of hydrogen-bond acceptors (Lipinski definition) is 6. The topological polar surface area (TPSA) is 103 Å². The quantitative estimate of drug-likeness (QED) is 0.801. The van der Waals surface area contributed by atoms with E-state index in [-0.39, 0.29) is 33.6 Å². The molecule has 0 saturated heterocycles. The molecule has 0 bridgehead atoms. The van der Waals surface area contributed by atoms with Gasteiger partial charge in [0.2, 0.25) is 5.78 Å². The minimum Gasteiger partial charge on any atom is -0.382 e. The van der Waals surface area contributed by atoms with E-state index in [1.54, 1.807) is 0 Å². The molecule has 0 aromatic carbocycles. The van der Waals surface area contributed by atoms with Crippen molar-refractivity contribution in [3.63, 3.8) is 0 Å². The van der Waals surface area contributed by atoms with Gasteiger partial charge in [-0.1, -0.05) is 13.3 Å². The predicted octanol–water partition coefficient (Wildman–Crippen LogP) is 0.285. The van der Waals surface area contributed by atoms with Crippen molar-refractivity contribution in [3.05, 3.63) is 49.9 Å². The maximum Gasteiger partial charge on any atom is 0.332 e. The van der Waals surface area contributed by atoms with Crippen molar-refractivity contribution in [1.82, 2.24) is 19.4 Å². The zero-order valence-corrected chi connectivity index (χ0v) is 14.3. The molecule has 2 aromatic heterocycles. The first-order valence-corrected chi connectivity index (χ1v) is 8.01. The molecule has 8 nitrogen and oxygen atoms in total. The van der Waals surface area contributed by atoms with Gasteiger partial charge in [-0.2, -0.15) is 0 Å². The monoisotopic (exact) mass is 342 g/mol. The molecule has 0 spiro atoms. The second kappa shape index (κ2) is 6.12. The molecule has 25 heavy (non-hydrogen) atoms. The van der Waals surface area contributed by atoms with Gasteiger partial charge in [0.15, 0.2) is 5.78 Å². The third kappa shape index (κ3) is 2.50. The van der Waals surface area contributed by atoms with Crippen LogP contribution in [-0.4, -0.2) is 32.2 Å². The lowest BCUT2D eigenvalue weighted by molar-refractivity contribution is 0.0979.